The number of rotatable bonds is 2. The minimum Gasteiger partial charge on any atom is -0.375 e. The largest absolute Gasteiger partial charge is 0.375 e. The molecule has 2 heterocycles. The molecule has 2 aromatic rings. The summed E-state index contributed by atoms with van der Waals surface area (Å²) < 4.78 is 5.12. The lowest BCUT2D eigenvalue weighted by Gasteiger charge is -2.46. The summed E-state index contributed by atoms with van der Waals surface area (Å²) in [4.78, 5) is 17.2. The zero-order chi connectivity index (χ0) is 17.0. The maximum atomic E-state index is 12.6. The highest BCUT2D eigenvalue weighted by Gasteiger charge is 2.47. The van der Waals surface area contributed by atoms with Gasteiger partial charge in [0.15, 0.2) is 0 Å². The van der Waals surface area contributed by atoms with E-state index in [4.69, 9.17) is 4.74 Å². The van der Waals surface area contributed by atoms with Gasteiger partial charge in [-0.1, -0.05) is 36.4 Å². The minimum atomic E-state index is 0.110. The van der Waals surface area contributed by atoms with Crippen molar-refractivity contribution in [3.05, 3.63) is 64.7 Å². The summed E-state index contributed by atoms with van der Waals surface area (Å²) in [6.45, 7) is 1.81. The van der Waals surface area contributed by atoms with Gasteiger partial charge in [-0.05, 0) is 41.2 Å². The number of benzene rings is 2. The maximum absolute atomic E-state index is 12.6. The molecule has 2 aromatic carbocycles. The molecule has 0 spiro atoms. The third-order valence-electron chi connectivity index (χ3n) is 5.96. The summed E-state index contributed by atoms with van der Waals surface area (Å²) in [6, 6.07) is 15.9. The van der Waals surface area contributed by atoms with Crippen LogP contribution in [0, 0.1) is 0 Å². The van der Waals surface area contributed by atoms with Crippen molar-refractivity contribution in [2.75, 3.05) is 31.7 Å². The fourth-order valence-corrected chi connectivity index (χ4v) is 5.00. The van der Waals surface area contributed by atoms with Gasteiger partial charge >= 0.3 is 0 Å². The fourth-order valence-electron chi connectivity index (χ4n) is 5.00. The van der Waals surface area contributed by atoms with Crippen LogP contribution in [0.2, 0.25) is 0 Å². The first-order chi connectivity index (χ1) is 12.3. The second kappa shape index (κ2) is 5.60. The summed E-state index contributed by atoms with van der Waals surface area (Å²) in [5.41, 5.74) is 7.00. The lowest BCUT2D eigenvalue weighted by atomic mass is 9.96. The SMILES string of the molecule is COCC(=O)N1CCN2c3ccccc3Cc3cccc4c3[C@H]2[C@@H]1C4. The molecule has 5 rings (SSSR count). The van der Waals surface area contributed by atoms with Gasteiger partial charge in [0, 0.05) is 25.9 Å². The van der Waals surface area contributed by atoms with Crippen molar-refractivity contribution in [3.63, 3.8) is 0 Å². The van der Waals surface area contributed by atoms with Gasteiger partial charge in [0.05, 0.1) is 12.1 Å². The Morgan fingerprint density at radius 1 is 1.08 bits per heavy atom. The molecule has 2 atom stereocenters. The number of ether oxygens (including phenoxy) is 1. The number of piperazine rings is 1. The minimum absolute atomic E-state index is 0.110. The smallest absolute Gasteiger partial charge is 0.248 e. The highest BCUT2D eigenvalue weighted by atomic mass is 16.5. The molecule has 25 heavy (non-hydrogen) atoms. The lowest BCUT2D eigenvalue weighted by molar-refractivity contribution is -0.138. The zero-order valence-electron chi connectivity index (χ0n) is 14.4. The van der Waals surface area contributed by atoms with Crippen molar-refractivity contribution >= 4 is 11.6 Å². The first-order valence-corrected chi connectivity index (χ1v) is 9.01. The van der Waals surface area contributed by atoms with E-state index in [-0.39, 0.29) is 24.6 Å². The van der Waals surface area contributed by atoms with E-state index in [0.717, 1.165) is 25.9 Å². The molecule has 4 nitrogen and oxygen atoms in total. The van der Waals surface area contributed by atoms with Crippen LogP contribution in [0.1, 0.15) is 28.3 Å². The third kappa shape index (κ3) is 2.13. The average Bonchev–Trinajstić information content (AvgIpc) is 2.95. The molecular formula is C21H22N2O2. The Hall–Kier alpha value is -2.33. The normalized spacial score (nSPS) is 23.1. The fraction of sp³-hybridized carbons (Fsp3) is 0.381. The molecule has 2 aliphatic heterocycles. The maximum Gasteiger partial charge on any atom is 0.248 e. The number of carbonyl (C=O) groups is 1. The van der Waals surface area contributed by atoms with Crippen molar-refractivity contribution in [3.8, 4) is 0 Å². The van der Waals surface area contributed by atoms with Crippen LogP contribution in [0.25, 0.3) is 0 Å². The number of para-hydroxylation sites is 1. The van der Waals surface area contributed by atoms with Gasteiger partial charge < -0.3 is 14.5 Å². The predicted molar refractivity (Wildman–Crippen MR) is 96.9 cm³/mol. The molecule has 4 heteroatoms. The summed E-state index contributed by atoms with van der Waals surface area (Å²) in [7, 11) is 1.59. The first-order valence-electron chi connectivity index (χ1n) is 9.01. The van der Waals surface area contributed by atoms with E-state index >= 15 is 0 Å². The summed E-state index contributed by atoms with van der Waals surface area (Å²) >= 11 is 0. The van der Waals surface area contributed by atoms with Crippen molar-refractivity contribution in [1.82, 2.24) is 4.90 Å². The number of anilines is 1. The number of carbonyl (C=O) groups excluding carboxylic acids is 1. The van der Waals surface area contributed by atoms with Gasteiger partial charge in [-0.25, -0.2) is 0 Å². The molecule has 0 radical (unpaired) electrons. The van der Waals surface area contributed by atoms with Crippen LogP contribution in [-0.4, -0.2) is 43.7 Å². The van der Waals surface area contributed by atoms with E-state index in [1.165, 1.54) is 27.9 Å². The second-order valence-corrected chi connectivity index (χ2v) is 7.23. The van der Waals surface area contributed by atoms with Gasteiger partial charge in [0.2, 0.25) is 5.91 Å². The molecular weight excluding hydrogens is 312 g/mol. The molecule has 128 valence electrons. The van der Waals surface area contributed by atoms with Crippen molar-refractivity contribution < 1.29 is 9.53 Å². The number of methoxy groups -OCH3 is 1. The van der Waals surface area contributed by atoms with E-state index < -0.39 is 0 Å². The zero-order valence-corrected chi connectivity index (χ0v) is 14.4. The van der Waals surface area contributed by atoms with Crippen molar-refractivity contribution in [1.29, 1.82) is 0 Å². The standard InChI is InChI=1S/C21H22N2O2/c1-25-13-19(24)22-9-10-23-17-8-3-2-5-14(17)11-15-6-4-7-16-12-18(22)21(23)20(15)16/h2-8,18,21H,9-13H2,1H3/t18-,21+/m0/s1. The van der Waals surface area contributed by atoms with Crippen LogP contribution in [0.5, 0.6) is 0 Å². The van der Waals surface area contributed by atoms with Crippen LogP contribution in [0.15, 0.2) is 42.5 Å². The lowest BCUT2D eigenvalue weighted by Crippen LogP contribution is -2.56. The van der Waals surface area contributed by atoms with Crippen LogP contribution in [0.3, 0.4) is 0 Å². The monoisotopic (exact) mass is 334 g/mol. The Kier molecular flexibility index (Phi) is 3.35. The van der Waals surface area contributed by atoms with Crippen LogP contribution in [0.4, 0.5) is 5.69 Å². The molecule has 0 bridgehead atoms. The number of fused-ring (bicyclic) bond motifs is 2. The quantitative estimate of drug-likeness (QED) is 0.846. The van der Waals surface area contributed by atoms with E-state index in [2.05, 4.69) is 52.3 Å². The first kappa shape index (κ1) is 15.0. The Labute approximate surface area is 148 Å². The number of hydrogen-bond donors (Lipinski definition) is 0. The summed E-state index contributed by atoms with van der Waals surface area (Å²) in [5, 5.41) is 0. The highest BCUT2D eigenvalue weighted by molar-refractivity contribution is 5.79. The molecule has 1 saturated heterocycles. The van der Waals surface area contributed by atoms with E-state index in [1.54, 1.807) is 7.11 Å². The topological polar surface area (TPSA) is 32.8 Å². The Balaban J connectivity index is 1.65. The van der Waals surface area contributed by atoms with Gasteiger partial charge in [-0.3, -0.25) is 4.79 Å². The summed E-state index contributed by atoms with van der Waals surface area (Å²) in [6.07, 6.45) is 1.92. The van der Waals surface area contributed by atoms with E-state index in [9.17, 15) is 4.79 Å². The predicted octanol–water partition coefficient (Wildman–Crippen LogP) is 2.55. The van der Waals surface area contributed by atoms with Crippen LogP contribution in [-0.2, 0) is 22.4 Å². The average molecular weight is 334 g/mol. The Morgan fingerprint density at radius 2 is 1.88 bits per heavy atom. The molecule has 1 aliphatic carbocycles. The third-order valence-corrected chi connectivity index (χ3v) is 5.96. The van der Waals surface area contributed by atoms with Crippen LogP contribution >= 0.6 is 0 Å². The number of nitrogens with zero attached hydrogens (tertiary/aromatic N) is 2. The van der Waals surface area contributed by atoms with E-state index in [0.29, 0.717) is 0 Å². The van der Waals surface area contributed by atoms with Crippen molar-refractivity contribution in [2.24, 2.45) is 0 Å². The molecule has 1 amide bonds. The van der Waals surface area contributed by atoms with E-state index in [1.807, 2.05) is 0 Å². The molecule has 1 fully saturated rings. The molecule has 0 unspecified atom stereocenters. The molecule has 3 aliphatic rings. The molecule has 0 saturated carbocycles. The Bertz CT molecular complexity index is 848. The Morgan fingerprint density at radius 3 is 2.76 bits per heavy atom. The van der Waals surface area contributed by atoms with Gasteiger partial charge in [-0.15, -0.1) is 0 Å². The van der Waals surface area contributed by atoms with Gasteiger partial charge in [0.1, 0.15) is 6.61 Å². The van der Waals surface area contributed by atoms with Crippen LogP contribution < -0.4 is 4.90 Å². The number of hydrogen-bond acceptors (Lipinski definition) is 3. The molecule has 0 aromatic heterocycles. The van der Waals surface area contributed by atoms with Gasteiger partial charge in [0.25, 0.3) is 0 Å². The van der Waals surface area contributed by atoms with Gasteiger partial charge in [-0.2, -0.15) is 0 Å². The second-order valence-electron chi connectivity index (χ2n) is 7.23. The van der Waals surface area contributed by atoms with Crippen molar-refractivity contribution in [2.45, 2.75) is 24.9 Å². The number of amides is 1. The summed E-state index contributed by atoms with van der Waals surface area (Å²) in [5.74, 6) is 0.110. The molecule has 0 N–H and O–H groups in total. The highest BCUT2D eigenvalue weighted by Crippen LogP contribution is 2.48.